The third-order valence-corrected chi connectivity index (χ3v) is 3.64. The van der Waals surface area contributed by atoms with Gasteiger partial charge in [-0.05, 0) is 23.4 Å². The lowest BCUT2D eigenvalue weighted by Crippen LogP contribution is -2.33. The molecule has 6 nitrogen and oxygen atoms in total. The molecule has 8 heteroatoms. The number of carbonyl (C=O) groups excluding carboxylic acids is 1. The standard InChI is InChI=1S/C10H16N4O2S2/c1-16-9(15)7-14(12)6-8(11)5-13-18-10-3-2-4-17-10/h2-4,6,13H,5,7,11-12H2,1H3/b8-6-. The van der Waals surface area contributed by atoms with Crippen molar-refractivity contribution in [1.29, 1.82) is 0 Å². The van der Waals surface area contributed by atoms with Crippen LogP contribution in [0.15, 0.2) is 33.6 Å². The van der Waals surface area contributed by atoms with Crippen molar-refractivity contribution < 1.29 is 9.53 Å². The van der Waals surface area contributed by atoms with Crippen LogP contribution in [0.4, 0.5) is 0 Å². The van der Waals surface area contributed by atoms with E-state index >= 15 is 0 Å². The molecule has 0 aromatic carbocycles. The second kappa shape index (κ2) is 7.98. The van der Waals surface area contributed by atoms with Crippen LogP contribution < -0.4 is 16.3 Å². The molecule has 0 aliphatic heterocycles. The average molecular weight is 288 g/mol. The van der Waals surface area contributed by atoms with Gasteiger partial charge < -0.3 is 15.5 Å². The Hall–Kier alpha value is -1.22. The van der Waals surface area contributed by atoms with E-state index in [4.69, 9.17) is 11.6 Å². The van der Waals surface area contributed by atoms with Crippen molar-refractivity contribution in [1.82, 2.24) is 9.73 Å². The van der Waals surface area contributed by atoms with Gasteiger partial charge in [0.15, 0.2) is 0 Å². The number of nitrogens with zero attached hydrogens (tertiary/aromatic N) is 1. The molecule has 5 N–H and O–H groups in total. The Kier molecular flexibility index (Phi) is 6.58. The van der Waals surface area contributed by atoms with Gasteiger partial charge in [0.25, 0.3) is 0 Å². The molecule has 100 valence electrons. The van der Waals surface area contributed by atoms with Crippen LogP contribution in [0.2, 0.25) is 0 Å². The summed E-state index contributed by atoms with van der Waals surface area (Å²) in [5.41, 5.74) is 6.28. The highest BCUT2D eigenvalue weighted by Gasteiger charge is 2.04. The first-order valence-electron chi connectivity index (χ1n) is 5.09. The number of esters is 1. The van der Waals surface area contributed by atoms with E-state index in [1.165, 1.54) is 30.3 Å². The van der Waals surface area contributed by atoms with Crippen molar-refractivity contribution in [3.05, 3.63) is 29.4 Å². The van der Waals surface area contributed by atoms with E-state index in [9.17, 15) is 4.79 Å². The summed E-state index contributed by atoms with van der Waals surface area (Å²) in [7, 11) is 1.31. The Morgan fingerprint density at radius 3 is 3.11 bits per heavy atom. The first-order valence-corrected chi connectivity index (χ1v) is 6.79. The van der Waals surface area contributed by atoms with Crippen LogP contribution in [0.3, 0.4) is 0 Å². The van der Waals surface area contributed by atoms with Crippen LogP contribution in [0, 0.1) is 0 Å². The SMILES string of the molecule is COC(=O)CN(N)/C=C(\N)CNSc1cccs1. The Balaban J connectivity index is 2.26. The van der Waals surface area contributed by atoms with Gasteiger partial charge in [-0.15, -0.1) is 11.3 Å². The molecule has 0 saturated heterocycles. The van der Waals surface area contributed by atoms with Crippen LogP contribution in [0.1, 0.15) is 0 Å². The van der Waals surface area contributed by atoms with E-state index in [0.29, 0.717) is 12.2 Å². The molecule has 0 aliphatic rings. The smallest absolute Gasteiger partial charge is 0.326 e. The molecule has 0 unspecified atom stereocenters. The molecule has 0 saturated carbocycles. The minimum atomic E-state index is -0.414. The third kappa shape index (κ3) is 5.92. The zero-order valence-corrected chi connectivity index (χ0v) is 11.6. The molecule has 0 bridgehead atoms. The second-order valence-electron chi connectivity index (χ2n) is 3.31. The van der Waals surface area contributed by atoms with Gasteiger partial charge in [0.1, 0.15) is 6.54 Å². The summed E-state index contributed by atoms with van der Waals surface area (Å²) in [4.78, 5) is 10.9. The predicted molar refractivity (Wildman–Crippen MR) is 73.4 cm³/mol. The summed E-state index contributed by atoms with van der Waals surface area (Å²) in [5.74, 6) is 5.15. The summed E-state index contributed by atoms with van der Waals surface area (Å²) in [5, 5.41) is 3.19. The molecule has 0 radical (unpaired) electrons. The second-order valence-corrected chi connectivity index (χ2v) is 5.45. The normalized spacial score (nSPS) is 11.3. The molecule has 0 spiro atoms. The van der Waals surface area contributed by atoms with Crippen LogP contribution in [-0.4, -0.2) is 31.2 Å². The summed E-state index contributed by atoms with van der Waals surface area (Å²) < 4.78 is 8.73. The van der Waals surface area contributed by atoms with Crippen molar-refractivity contribution in [2.24, 2.45) is 11.6 Å². The quantitative estimate of drug-likeness (QED) is 0.291. The van der Waals surface area contributed by atoms with Crippen LogP contribution >= 0.6 is 23.3 Å². The number of nitrogens with one attached hydrogen (secondary N) is 1. The van der Waals surface area contributed by atoms with E-state index in [1.807, 2.05) is 17.5 Å². The fourth-order valence-corrected chi connectivity index (χ4v) is 2.54. The number of nitrogens with two attached hydrogens (primary N) is 2. The summed E-state index contributed by atoms with van der Waals surface area (Å²) >= 11 is 3.14. The molecule has 0 aliphatic carbocycles. The zero-order valence-electron chi connectivity index (χ0n) is 9.96. The molecule has 18 heavy (non-hydrogen) atoms. The molecule has 0 amide bonds. The lowest BCUT2D eigenvalue weighted by Gasteiger charge is -2.13. The van der Waals surface area contributed by atoms with Gasteiger partial charge >= 0.3 is 5.97 Å². The van der Waals surface area contributed by atoms with Gasteiger partial charge in [-0.3, -0.25) is 9.52 Å². The van der Waals surface area contributed by atoms with Gasteiger partial charge in [-0.2, -0.15) is 0 Å². The summed E-state index contributed by atoms with van der Waals surface area (Å²) in [6.07, 6.45) is 1.50. The van der Waals surface area contributed by atoms with Gasteiger partial charge in [-0.25, -0.2) is 5.84 Å². The first kappa shape index (κ1) is 14.8. The maximum absolute atomic E-state index is 10.9. The van der Waals surface area contributed by atoms with E-state index in [1.54, 1.807) is 11.3 Å². The van der Waals surface area contributed by atoms with Crippen LogP contribution in [0.5, 0.6) is 0 Å². The van der Waals surface area contributed by atoms with Gasteiger partial charge in [0.05, 0.1) is 11.3 Å². The van der Waals surface area contributed by atoms with E-state index in [2.05, 4.69) is 9.46 Å². The zero-order chi connectivity index (χ0) is 13.4. The van der Waals surface area contributed by atoms with Crippen LogP contribution in [0.25, 0.3) is 0 Å². The lowest BCUT2D eigenvalue weighted by molar-refractivity contribution is -0.141. The van der Waals surface area contributed by atoms with Crippen molar-refractivity contribution in [3.8, 4) is 0 Å². The Morgan fingerprint density at radius 2 is 2.50 bits per heavy atom. The number of hydrogen-bond donors (Lipinski definition) is 3. The molecular formula is C10H16N4O2S2. The third-order valence-electron chi connectivity index (χ3n) is 1.82. The maximum Gasteiger partial charge on any atom is 0.326 e. The summed E-state index contributed by atoms with van der Waals surface area (Å²) in [6.45, 7) is 0.437. The molecule has 1 aromatic heterocycles. The van der Waals surface area contributed by atoms with Crippen molar-refractivity contribution in [2.45, 2.75) is 4.21 Å². The van der Waals surface area contributed by atoms with Gasteiger partial charge in [0.2, 0.25) is 0 Å². The predicted octanol–water partition coefficient (Wildman–Crippen LogP) is 0.494. The Bertz CT molecular complexity index is 395. The largest absolute Gasteiger partial charge is 0.468 e. The number of rotatable bonds is 7. The highest BCUT2D eigenvalue weighted by Crippen LogP contribution is 2.19. The molecule has 0 fully saturated rings. The highest BCUT2D eigenvalue weighted by molar-refractivity contribution is 7.99. The minimum Gasteiger partial charge on any atom is -0.468 e. The van der Waals surface area contributed by atoms with Crippen molar-refractivity contribution >= 4 is 29.3 Å². The topological polar surface area (TPSA) is 93.6 Å². The van der Waals surface area contributed by atoms with E-state index < -0.39 is 5.97 Å². The fourth-order valence-electron chi connectivity index (χ4n) is 1.03. The minimum absolute atomic E-state index is 0.0325. The Labute approximate surface area is 114 Å². The molecule has 1 heterocycles. The fraction of sp³-hybridized carbons (Fsp3) is 0.300. The number of thiophene rings is 1. The first-order chi connectivity index (χ1) is 8.61. The number of carbonyl (C=O) groups is 1. The lowest BCUT2D eigenvalue weighted by atomic mass is 10.5. The summed E-state index contributed by atoms with van der Waals surface area (Å²) in [6, 6.07) is 3.99. The van der Waals surface area contributed by atoms with Gasteiger partial charge in [-0.1, -0.05) is 6.07 Å². The number of hydrogen-bond acceptors (Lipinski definition) is 8. The Morgan fingerprint density at radius 1 is 1.72 bits per heavy atom. The number of hydrazine groups is 1. The average Bonchev–Trinajstić information content (AvgIpc) is 2.81. The maximum atomic E-state index is 10.9. The monoisotopic (exact) mass is 288 g/mol. The van der Waals surface area contributed by atoms with Gasteiger partial charge in [0, 0.05) is 18.4 Å². The molecular weight excluding hydrogens is 272 g/mol. The van der Waals surface area contributed by atoms with Crippen molar-refractivity contribution in [3.63, 3.8) is 0 Å². The highest BCUT2D eigenvalue weighted by atomic mass is 32.2. The molecule has 1 aromatic rings. The molecule has 1 rings (SSSR count). The number of methoxy groups -OCH3 is 1. The van der Waals surface area contributed by atoms with E-state index in [-0.39, 0.29) is 6.54 Å². The number of ether oxygens (including phenoxy) is 1. The molecule has 0 atom stereocenters. The van der Waals surface area contributed by atoms with Crippen molar-refractivity contribution in [2.75, 3.05) is 20.2 Å². The van der Waals surface area contributed by atoms with E-state index in [0.717, 1.165) is 4.21 Å². The van der Waals surface area contributed by atoms with Crippen LogP contribution in [-0.2, 0) is 9.53 Å².